The molecule has 0 spiro atoms. The molecule has 2 amide bonds. The van der Waals surface area contributed by atoms with Crippen LogP contribution in [0, 0.1) is 0 Å². The molecule has 2 aromatic rings. The second kappa shape index (κ2) is 12.1. The van der Waals surface area contributed by atoms with Crippen molar-refractivity contribution in [2.45, 2.75) is 39.8 Å². The van der Waals surface area contributed by atoms with Crippen LogP contribution >= 0.6 is 23.1 Å². The third kappa shape index (κ3) is 6.85. The largest absolute Gasteiger partial charge is 0.496 e. The number of hydrogen-bond donors (Lipinski definition) is 2. The van der Waals surface area contributed by atoms with Crippen molar-refractivity contribution in [2.24, 2.45) is 0 Å². The van der Waals surface area contributed by atoms with E-state index >= 15 is 0 Å². The summed E-state index contributed by atoms with van der Waals surface area (Å²) in [6.45, 7) is 9.10. The molecule has 32 heavy (non-hydrogen) atoms. The zero-order valence-electron chi connectivity index (χ0n) is 18.8. The van der Waals surface area contributed by atoms with Crippen molar-refractivity contribution in [3.63, 3.8) is 0 Å². The summed E-state index contributed by atoms with van der Waals surface area (Å²) >= 11 is 3.26. The van der Waals surface area contributed by atoms with E-state index in [4.69, 9.17) is 4.74 Å². The lowest BCUT2D eigenvalue weighted by molar-refractivity contribution is -0.112. The van der Waals surface area contributed by atoms with Crippen molar-refractivity contribution in [3.05, 3.63) is 62.9 Å². The first kappa shape index (κ1) is 24.4. The molecule has 3 rings (SSSR count). The minimum absolute atomic E-state index is 0.113. The Labute approximate surface area is 198 Å². The van der Waals surface area contributed by atoms with E-state index < -0.39 is 0 Å². The Morgan fingerprint density at radius 1 is 1.19 bits per heavy atom. The summed E-state index contributed by atoms with van der Waals surface area (Å²) in [6.07, 6.45) is 1.06. The third-order valence-corrected chi connectivity index (χ3v) is 7.41. The second-order valence-electron chi connectivity index (χ2n) is 7.68. The lowest BCUT2D eigenvalue weighted by Gasteiger charge is -2.28. The molecule has 172 valence electrons. The van der Waals surface area contributed by atoms with Gasteiger partial charge in [0.15, 0.2) is 0 Å². The first-order chi connectivity index (χ1) is 15.5. The van der Waals surface area contributed by atoms with Gasteiger partial charge in [-0.1, -0.05) is 13.0 Å². The van der Waals surface area contributed by atoms with Crippen molar-refractivity contribution in [1.29, 1.82) is 0 Å². The normalized spacial score (nSPS) is 14.8. The van der Waals surface area contributed by atoms with E-state index in [9.17, 15) is 9.59 Å². The van der Waals surface area contributed by atoms with Crippen LogP contribution < -0.4 is 10.6 Å². The summed E-state index contributed by atoms with van der Waals surface area (Å²) < 4.78 is 5.45. The van der Waals surface area contributed by atoms with Gasteiger partial charge in [-0.05, 0) is 56.0 Å². The van der Waals surface area contributed by atoms with Crippen molar-refractivity contribution in [2.75, 3.05) is 30.8 Å². The van der Waals surface area contributed by atoms with Crippen molar-refractivity contribution >= 4 is 40.6 Å². The Bertz CT molecular complexity index is 926. The average Bonchev–Trinajstić information content (AvgIpc) is 3.31. The summed E-state index contributed by atoms with van der Waals surface area (Å²) in [6, 6.07) is 11.6. The number of carbonyl (C=O) groups excluding carboxylic acids is 2. The molecule has 1 aliphatic rings. The third-order valence-electron chi connectivity index (χ3n) is 5.42. The predicted molar refractivity (Wildman–Crippen MR) is 133 cm³/mol. The Hall–Kier alpha value is -2.29. The smallest absolute Gasteiger partial charge is 0.265 e. The summed E-state index contributed by atoms with van der Waals surface area (Å²) in [5, 5.41) is 7.98. The van der Waals surface area contributed by atoms with Gasteiger partial charge in [0.25, 0.3) is 11.8 Å². The first-order valence-corrected chi connectivity index (χ1v) is 12.8. The Kier molecular flexibility index (Phi) is 9.20. The van der Waals surface area contributed by atoms with Gasteiger partial charge in [0.05, 0.1) is 6.61 Å². The van der Waals surface area contributed by atoms with E-state index in [1.165, 1.54) is 16.6 Å². The number of hydrogen-bond acceptors (Lipinski definition) is 6. The fourth-order valence-corrected chi connectivity index (χ4v) is 4.90. The summed E-state index contributed by atoms with van der Waals surface area (Å²) in [5.74, 6) is 1.12. The molecule has 1 aromatic heterocycles. The predicted octanol–water partition coefficient (Wildman–Crippen LogP) is 4.71. The number of benzene rings is 1. The van der Waals surface area contributed by atoms with Gasteiger partial charge in [0.1, 0.15) is 10.7 Å². The monoisotopic (exact) mass is 473 g/mol. The van der Waals surface area contributed by atoms with Gasteiger partial charge >= 0.3 is 0 Å². The molecule has 1 unspecified atom stereocenters. The molecule has 2 heterocycles. The summed E-state index contributed by atoms with van der Waals surface area (Å²) in [7, 11) is 0. The number of thiophene rings is 1. The van der Waals surface area contributed by atoms with Gasteiger partial charge in [-0.2, -0.15) is 0 Å². The molecule has 0 aliphatic carbocycles. The van der Waals surface area contributed by atoms with E-state index in [0.29, 0.717) is 41.1 Å². The van der Waals surface area contributed by atoms with Gasteiger partial charge < -0.3 is 15.4 Å². The fraction of sp³-hybridized carbons (Fsp3) is 0.417. The minimum Gasteiger partial charge on any atom is -0.496 e. The number of carbonyl (C=O) groups is 2. The van der Waals surface area contributed by atoms with Gasteiger partial charge in [0, 0.05) is 47.6 Å². The lowest BCUT2D eigenvalue weighted by atomic mass is 10.2. The fourth-order valence-electron chi connectivity index (χ4n) is 3.36. The molecule has 0 saturated carbocycles. The number of anilines is 1. The van der Waals surface area contributed by atoms with E-state index in [2.05, 4.69) is 46.9 Å². The summed E-state index contributed by atoms with van der Waals surface area (Å²) in [5.41, 5.74) is 1.22. The molecule has 0 saturated heterocycles. The van der Waals surface area contributed by atoms with Crippen LogP contribution in [0.25, 0.3) is 0 Å². The van der Waals surface area contributed by atoms with Gasteiger partial charge in [-0.3, -0.25) is 14.5 Å². The van der Waals surface area contributed by atoms with Crippen molar-refractivity contribution in [3.8, 4) is 0 Å². The van der Waals surface area contributed by atoms with Gasteiger partial charge in [-0.15, -0.1) is 23.1 Å². The highest BCUT2D eigenvalue weighted by Gasteiger charge is 2.19. The summed E-state index contributed by atoms with van der Waals surface area (Å²) in [4.78, 5) is 29.3. The van der Waals surface area contributed by atoms with Gasteiger partial charge in [0.2, 0.25) is 0 Å². The zero-order valence-corrected chi connectivity index (χ0v) is 20.5. The van der Waals surface area contributed by atoms with Crippen LogP contribution in [-0.4, -0.2) is 48.2 Å². The number of amides is 2. The molecule has 1 atom stereocenters. The number of nitrogens with one attached hydrogen (secondary N) is 2. The molecule has 2 N–H and O–H groups in total. The molecular weight excluding hydrogens is 442 g/mol. The Balaban J connectivity index is 1.50. The molecule has 8 heteroatoms. The lowest BCUT2D eigenvalue weighted by Crippen LogP contribution is -2.39. The first-order valence-electron chi connectivity index (χ1n) is 10.9. The van der Waals surface area contributed by atoms with Crippen LogP contribution in [0.1, 0.15) is 42.4 Å². The maximum absolute atomic E-state index is 12.6. The number of allylic oxidation sites excluding steroid dienone is 1. The number of ether oxygens (including phenoxy) is 1. The standard InChI is InChI=1S/C24H31N3O3S2/c1-4-17(2)27(16-21-6-5-14-31-21)12-11-25-23(28)19-7-9-20(10-8-19)26-24(29)22-18(3)30-13-15-32-22/h5-10,14,17H,4,11-13,15-16H2,1-3H3,(H,25,28)(H,26,29). The Morgan fingerprint density at radius 3 is 2.62 bits per heavy atom. The molecule has 1 aromatic carbocycles. The molecular formula is C24H31N3O3S2. The van der Waals surface area contributed by atoms with E-state index in [0.717, 1.165) is 25.3 Å². The molecule has 0 fully saturated rings. The van der Waals surface area contributed by atoms with Crippen LogP contribution in [0.5, 0.6) is 0 Å². The highest BCUT2D eigenvalue weighted by atomic mass is 32.2. The van der Waals surface area contributed by atoms with Crippen molar-refractivity contribution in [1.82, 2.24) is 10.2 Å². The minimum atomic E-state index is -0.180. The zero-order chi connectivity index (χ0) is 22.9. The quantitative estimate of drug-likeness (QED) is 0.523. The maximum Gasteiger partial charge on any atom is 0.265 e. The van der Waals surface area contributed by atoms with Crippen LogP contribution in [0.15, 0.2) is 52.4 Å². The van der Waals surface area contributed by atoms with E-state index in [1.807, 2.05) is 0 Å². The molecule has 0 radical (unpaired) electrons. The van der Waals surface area contributed by atoms with Crippen molar-refractivity contribution < 1.29 is 14.3 Å². The van der Waals surface area contributed by atoms with Crippen LogP contribution in [-0.2, 0) is 16.1 Å². The number of rotatable bonds is 10. The van der Waals surface area contributed by atoms with E-state index in [1.54, 1.807) is 42.5 Å². The highest BCUT2D eigenvalue weighted by molar-refractivity contribution is 8.04. The van der Waals surface area contributed by atoms with Crippen LogP contribution in [0.2, 0.25) is 0 Å². The maximum atomic E-state index is 12.6. The molecule has 6 nitrogen and oxygen atoms in total. The molecule has 0 bridgehead atoms. The molecule has 1 aliphatic heterocycles. The highest BCUT2D eigenvalue weighted by Crippen LogP contribution is 2.26. The van der Waals surface area contributed by atoms with Crippen LogP contribution in [0.3, 0.4) is 0 Å². The second-order valence-corrected chi connectivity index (χ2v) is 9.81. The SMILES string of the molecule is CCC(C)N(CCNC(=O)c1ccc(NC(=O)C2=C(C)OCCS2)cc1)Cc1cccs1. The van der Waals surface area contributed by atoms with E-state index in [-0.39, 0.29) is 11.8 Å². The number of nitrogens with zero attached hydrogens (tertiary/aromatic N) is 1. The van der Waals surface area contributed by atoms with Crippen LogP contribution in [0.4, 0.5) is 5.69 Å². The average molecular weight is 474 g/mol. The topological polar surface area (TPSA) is 70.7 Å². The van der Waals surface area contributed by atoms with Gasteiger partial charge in [-0.25, -0.2) is 0 Å². The number of thioether (sulfide) groups is 1. The Morgan fingerprint density at radius 2 is 1.97 bits per heavy atom.